The van der Waals surface area contributed by atoms with Crippen LogP contribution in [-0.4, -0.2) is 19.6 Å². The molecule has 158 valence electrons. The molecule has 3 aromatic heterocycles. The van der Waals surface area contributed by atoms with Gasteiger partial charge >= 0.3 is 0 Å². The molecule has 0 aliphatic heterocycles. The van der Waals surface area contributed by atoms with Crippen molar-refractivity contribution < 1.29 is 9.84 Å². The fourth-order valence-electron chi connectivity index (χ4n) is 4.18. The first-order chi connectivity index (χ1) is 16.3. The Bertz CT molecular complexity index is 1610. The van der Waals surface area contributed by atoms with Crippen LogP contribution in [0.3, 0.4) is 0 Å². The third-order valence-corrected chi connectivity index (χ3v) is 5.65. The second-order valence-corrected chi connectivity index (χ2v) is 7.70. The maximum atomic E-state index is 10.2. The first-order valence-electron chi connectivity index (χ1n) is 10.7. The van der Waals surface area contributed by atoms with E-state index in [0.29, 0.717) is 22.9 Å². The van der Waals surface area contributed by atoms with E-state index in [0.717, 1.165) is 27.6 Å². The Balaban J connectivity index is 1.46. The van der Waals surface area contributed by atoms with Crippen LogP contribution in [0.2, 0.25) is 0 Å². The molecular formula is C28H19N3O2. The summed E-state index contributed by atoms with van der Waals surface area (Å²) in [5, 5.41) is 12.5. The van der Waals surface area contributed by atoms with Crippen molar-refractivity contribution in [2.24, 2.45) is 0 Å². The van der Waals surface area contributed by atoms with Gasteiger partial charge in [0.2, 0.25) is 5.88 Å². The normalized spacial score (nSPS) is 11.2. The van der Waals surface area contributed by atoms with E-state index in [4.69, 9.17) is 4.74 Å². The van der Waals surface area contributed by atoms with Gasteiger partial charge < -0.3 is 9.84 Å². The van der Waals surface area contributed by atoms with Crippen molar-refractivity contribution in [2.45, 2.75) is 0 Å². The Morgan fingerprint density at radius 2 is 1.52 bits per heavy atom. The van der Waals surface area contributed by atoms with Crippen LogP contribution >= 0.6 is 0 Å². The molecule has 3 aromatic carbocycles. The molecule has 6 aromatic rings. The lowest BCUT2D eigenvalue weighted by Gasteiger charge is -2.09. The number of nitrogens with zero attached hydrogens (tertiary/aromatic N) is 3. The predicted octanol–water partition coefficient (Wildman–Crippen LogP) is 6.74. The summed E-state index contributed by atoms with van der Waals surface area (Å²) < 4.78 is 8.29. The van der Waals surface area contributed by atoms with Crippen molar-refractivity contribution >= 4 is 21.8 Å². The van der Waals surface area contributed by atoms with E-state index in [9.17, 15) is 5.11 Å². The lowest BCUT2D eigenvalue weighted by atomic mass is 10.1. The van der Waals surface area contributed by atoms with Crippen molar-refractivity contribution in [3.05, 3.63) is 109 Å². The number of pyridine rings is 2. The summed E-state index contributed by atoms with van der Waals surface area (Å²) >= 11 is 0. The summed E-state index contributed by atoms with van der Waals surface area (Å²) in [5.74, 6) is 2.16. The molecule has 0 aliphatic carbocycles. The first-order valence-corrected chi connectivity index (χ1v) is 10.7. The highest BCUT2D eigenvalue weighted by Gasteiger charge is 2.14. The zero-order valence-corrected chi connectivity index (χ0v) is 17.6. The number of hydrogen-bond acceptors (Lipinski definition) is 4. The Kier molecular flexibility index (Phi) is 4.51. The first kappa shape index (κ1) is 19.1. The number of aromatic nitrogens is 3. The van der Waals surface area contributed by atoms with Crippen LogP contribution in [0.1, 0.15) is 0 Å². The number of ether oxygens (including phenoxy) is 1. The number of phenolic OH excluding ortho intramolecular Hbond substituents is 1. The summed E-state index contributed by atoms with van der Waals surface area (Å²) in [6.07, 6.45) is 1.80. The van der Waals surface area contributed by atoms with Gasteiger partial charge in [-0.1, -0.05) is 42.5 Å². The third kappa shape index (κ3) is 3.36. The molecule has 0 unspecified atom stereocenters. The molecule has 0 amide bonds. The number of rotatable bonds is 4. The van der Waals surface area contributed by atoms with Crippen LogP contribution in [0.25, 0.3) is 38.9 Å². The largest absolute Gasteiger partial charge is 0.507 e. The number of phenols is 1. The predicted molar refractivity (Wildman–Crippen MR) is 130 cm³/mol. The molecule has 5 nitrogen and oxygen atoms in total. The molecule has 0 fully saturated rings. The molecule has 0 bridgehead atoms. The van der Waals surface area contributed by atoms with Crippen LogP contribution in [0.5, 0.6) is 17.4 Å². The lowest BCUT2D eigenvalue weighted by molar-refractivity contribution is 0.463. The van der Waals surface area contributed by atoms with E-state index >= 15 is 0 Å². The molecule has 1 N–H and O–H groups in total. The van der Waals surface area contributed by atoms with Gasteiger partial charge in [-0.3, -0.25) is 4.57 Å². The van der Waals surface area contributed by atoms with Gasteiger partial charge in [0.1, 0.15) is 17.3 Å². The van der Waals surface area contributed by atoms with Crippen LogP contribution in [0.4, 0.5) is 0 Å². The molecule has 3 heterocycles. The number of fused-ring (bicyclic) bond motifs is 3. The minimum absolute atomic E-state index is 0.184. The maximum Gasteiger partial charge on any atom is 0.219 e. The highest BCUT2D eigenvalue weighted by Crippen LogP contribution is 2.35. The van der Waals surface area contributed by atoms with Crippen LogP contribution < -0.4 is 4.74 Å². The molecule has 0 aliphatic rings. The van der Waals surface area contributed by atoms with Gasteiger partial charge in [0.15, 0.2) is 0 Å². The molecule has 0 saturated heterocycles. The molecule has 0 saturated carbocycles. The van der Waals surface area contributed by atoms with Crippen LogP contribution in [0.15, 0.2) is 109 Å². The Morgan fingerprint density at radius 1 is 0.697 bits per heavy atom. The Labute approximate surface area is 190 Å². The number of benzene rings is 3. The molecule has 33 heavy (non-hydrogen) atoms. The van der Waals surface area contributed by atoms with E-state index in [-0.39, 0.29) is 5.75 Å². The summed E-state index contributed by atoms with van der Waals surface area (Å²) in [6.45, 7) is 0. The van der Waals surface area contributed by atoms with Gasteiger partial charge in [0.05, 0.1) is 16.7 Å². The number of hydrogen-bond donors (Lipinski definition) is 1. The average Bonchev–Trinajstić information content (AvgIpc) is 3.19. The minimum atomic E-state index is 0.184. The van der Waals surface area contributed by atoms with E-state index in [1.54, 1.807) is 18.3 Å². The van der Waals surface area contributed by atoms with E-state index < -0.39 is 0 Å². The summed E-state index contributed by atoms with van der Waals surface area (Å²) in [7, 11) is 0. The quantitative estimate of drug-likeness (QED) is 0.337. The van der Waals surface area contributed by atoms with Crippen LogP contribution in [-0.2, 0) is 0 Å². The fraction of sp³-hybridized carbons (Fsp3) is 0. The summed E-state index contributed by atoms with van der Waals surface area (Å²) in [6, 6.07) is 32.9. The number of para-hydroxylation sites is 2. The Hall–Kier alpha value is -4.64. The second kappa shape index (κ2) is 7.80. The van der Waals surface area contributed by atoms with Crippen molar-refractivity contribution in [1.82, 2.24) is 14.5 Å². The molecule has 0 atom stereocenters. The molecule has 6 rings (SSSR count). The van der Waals surface area contributed by atoms with Crippen molar-refractivity contribution in [2.75, 3.05) is 0 Å². The third-order valence-electron chi connectivity index (χ3n) is 5.65. The maximum absolute atomic E-state index is 10.2. The molecule has 5 heteroatoms. The zero-order valence-electron chi connectivity index (χ0n) is 17.6. The SMILES string of the molecule is Oc1ccccc1-c1cccc(Oc2ccc3c4ccccc4n(-c4ccccn4)c3c2)n1. The standard InChI is InChI=1S/C28H19N3O2/c32-26-12-4-2-9-22(26)23-10-7-14-28(30-23)33-19-15-16-21-20-8-1-3-11-24(20)31(25(21)18-19)27-13-5-6-17-29-27/h1-18,32H. The van der Waals surface area contributed by atoms with Gasteiger partial charge in [-0.05, 0) is 48.5 Å². The topological polar surface area (TPSA) is 60.2 Å². The summed E-state index contributed by atoms with van der Waals surface area (Å²) in [4.78, 5) is 9.18. The fourth-order valence-corrected chi connectivity index (χ4v) is 4.18. The molecular weight excluding hydrogens is 410 g/mol. The Morgan fingerprint density at radius 3 is 2.39 bits per heavy atom. The van der Waals surface area contributed by atoms with Crippen molar-refractivity contribution in [1.29, 1.82) is 0 Å². The van der Waals surface area contributed by atoms with E-state index in [1.165, 1.54) is 0 Å². The average molecular weight is 429 g/mol. The molecule has 0 spiro atoms. The summed E-state index contributed by atoms with van der Waals surface area (Å²) in [5.41, 5.74) is 3.40. The van der Waals surface area contributed by atoms with Gasteiger partial charge in [0, 0.05) is 34.7 Å². The van der Waals surface area contributed by atoms with Gasteiger partial charge in [-0.15, -0.1) is 0 Å². The van der Waals surface area contributed by atoms with Gasteiger partial charge in [-0.25, -0.2) is 9.97 Å². The second-order valence-electron chi connectivity index (χ2n) is 7.70. The van der Waals surface area contributed by atoms with Gasteiger partial charge in [-0.2, -0.15) is 0 Å². The van der Waals surface area contributed by atoms with Crippen molar-refractivity contribution in [3.8, 4) is 34.5 Å². The molecule has 0 radical (unpaired) electrons. The lowest BCUT2D eigenvalue weighted by Crippen LogP contribution is -1.96. The zero-order chi connectivity index (χ0) is 22.2. The minimum Gasteiger partial charge on any atom is -0.507 e. The van der Waals surface area contributed by atoms with E-state index in [2.05, 4.69) is 32.7 Å². The smallest absolute Gasteiger partial charge is 0.219 e. The monoisotopic (exact) mass is 429 g/mol. The highest BCUT2D eigenvalue weighted by atomic mass is 16.5. The van der Waals surface area contributed by atoms with Crippen LogP contribution in [0, 0.1) is 0 Å². The van der Waals surface area contributed by atoms with Gasteiger partial charge in [0.25, 0.3) is 0 Å². The van der Waals surface area contributed by atoms with E-state index in [1.807, 2.05) is 72.8 Å². The highest BCUT2D eigenvalue weighted by molar-refractivity contribution is 6.09. The number of aromatic hydroxyl groups is 1. The van der Waals surface area contributed by atoms with Crippen molar-refractivity contribution in [3.63, 3.8) is 0 Å².